The average molecular weight is 425 g/mol. The number of halogens is 2. The van der Waals surface area contributed by atoms with Gasteiger partial charge in [-0.3, -0.25) is 14.4 Å². The smallest absolute Gasteiger partial charge is 0.276 e. The molecule has 1 saturated heterocycles. The van der Waals surface area contributed by atoms with Crippen molar-refractivity contribution < 1.29 is 36.4 Å². The van der Waals surface area contributed by atoms with Crippen molar-refractivity contribution in [2.24, 2.45) is 0 Å². The molecular weight excluding hydrogens is 400 g/mol. The molecule has 1 aromatic heterocycles. The number of carbonyl (C=O) groups is 2. The predicted octanol–water partition coefficient (Wildman–Crippen LogP) is 1.35. The highest BCUT2D eigenvalue weighted by molar-refractivity contribution is 5.99. The van der Waals surface area contributed by atoms with Crippen LogP contribution in [0.1, 0.15) is 47.9 Å². The number of pyridine rings is 1. The Labute approximate surface area is 178 Å². The molecule has 2 N–H and O–H groups in total. The zero-order chi connectivity index (χ0) is 26.8. The Hall–Kier alpha value is -3.27. The first-order valence-electron chi connectivity index (χ1n) is 11.8. The molecule has 8 nitrogen and oxygen atoms in total. The molecule has 2 amide bonds. The summed E-state index contributed by atoms with van der Waals surface area (Å²) in [4.78, 5) is 39.3. The lowest BCUT2D eigenvalue weighted by Crippen LogP contribution is -2.57. The topological polar surface area (TPSA) is 101 Å². The Bertz CT molecular complexity index is 1330. The van der Waals surface area contributed by atoms with Gasteiger partial charge in [-0.15, -0.1) is 0 Å². The van der Waals surface area contributed by atoms with E-state index in [-0.39, 0.29) is 13.0 Å². The van der Waals surface area contributed by atoms with Crippen molar-refractivity contribution >= 4 is 11.8 Å². The van der Waals surface area contributed by atoms with Crippen LogP contribution in [-0.4, -0.2) is 45.2 Å². The van der Waals surface area contributed by atoms with Crippen molar-refractivity contribution in [1.82, 2.24) is 14.8 Å². The van der Waals surface area contributed by atoms with Crippen molar-refractivity contribution in [2.75, 3.05) is 6.61 Å². The standard InChI is InChI=1S/C20H19F2N3O5/c1-10-4-5-30-15-9-24-8-13(17(26)18(27)16(24)20(29)25(10)15)19(28)23-7-11-2-3-12(21)6-14(11)22/h2-3,6,8,10,15,27H,4-5,7,9H2,1H3,(H,23,28)/t10-,15+/m1/s1/i1D3,7D2,15D. The highest BCUT2D eigenvalue weighted by Gasteiger charge is 2.41. The minimum Gasteiger partial charge on any atom is -0.503 e. The van der Waals surface area contributed by atoms with Crippen LogP contribution in [0.15, 0.2) is 29.2 Å². The molecule has 4 rings (SSSR count). The lowest BCUT2D eigenvalue weighted by molar-refractivity contribution is -0.112. The lowest BCUT2D eigenvalue weighted by atomic mass is 10.1. The number of ether oxygens (including phenoxy) is 1. The van der Waals surface area contributed by atoms with E-state index >= 15 is 0 Å². The summed E-state index contributed by atoms with van der Waals surface area (Å²) in [5.74, 6) is -6.09. The fourth-order valence-electron chi connectivity index (χ4n) is 3.24. The van der Waals surface area contributed by atoms with Gasteiger partial charge in [0.05, 0.1) is 17.3 Å². The van der Waals surface area contributed by atoms with Crippen LogP contribution in [0.2, 0.25) is 0 Å². The molecule has 0 aliphatic carbocycles. The molecule has 0 bridgehead atoms. The van der Waals surface area contributed by atoms with Crippen molar-refractivity contribution in [3.8, 4) is 5.75 Å². The maximum Gasteiger partial charge on any atom is 0.276 e. The third kappa shape index (κ3) is 3.32. The molecule has 10 heteroatoms. The van der Waals surface area contributed by atoms with Crippen molar-refractivity contribution in [2.45, 2.75) is 38.6 Å². The second-order valence-electron chi connectivity index (χ2n) is 6.62. The first kappa shape index (κ1) is 13.9. The third-order valence-corrected chi connectivity index (χ3v) is 4.71. The number of hydrogen-bond acceptors (Lipinski definition) is 5. The second-order valence-corrected chi connectivity index (χ2v) is 6.62. The van der Waals surface area contributed by atoms with Crippen molar-refractivity contribution in [1.29, 1.82) is 0 Å². The average Bonchev–Trinajstić information content (AvgIpc) is 2.73. The minimum atomic E-state index is -2.92. The normalized spacial score (nSPS) is 26.8. The summed E-state index contributed by atoms with van der Waals surface area (Å²) >= 11 is 0. The highest BCUT2D eigenvalue weighted by Crippen LogP contribution is 2.29. The summed E-state index contributed by atoms with van der Waals surface area (Å²) in [6.07, 6.45) is -1.57. The van der Waals surface area contributed by atoms with Gasteiger partial charge in [0.15, 0.2) is 17.6 Å². The molecule has 1 aromatic carbocycles. The number of aromatic hydroxyl groups is 1. The Morgan fingerprint density at radius 2 is 2.27 bits per heavy atom. The van der Waals surface area contributed by atoms with Crippen LogP contribution in [-0.2, 0) is 17.8 Å². The van der Waals surface area contributed by atoms with Crippen LogP contribution in [0, 0.1) is 11.6 Å². The van der Waals surface area contributed by atoms with Crippen LogP contribution >= 0.6 is 0 Å². The van der Waals surface area contributed by atoms with E-state index in [0.717, 1.165) is 22.9 Å². The molecule has 2 aliphatic rings. The van der Waals surface area contributed by atoms with Crippen LogP contribution in [0.3, 0.4) is 0 Å². The van der Waals surface area contributed by atoms with Crippen LogP contribution in [0.4, 0.5) is 8.78 Å². The Morgan fingerprint density at radius 3 is 3.00 bits per heavy atom. The number of fused-ring (bicyclic) bond motifs is 2. The van der Waals surface area contributed by atoms with E-state index in [1.54, 1.807) is 5.32 Å². The summed E-state index contributed by atoms with van der Waals surface area (Å²) in [5.41, 5.74) is -3.65. The number of benzene rings is 1. The van der Waals surface area contributed by atoms with Gasteiger partial charge in [-0.1, -0.05) is 6.07 Å². The van der Waals surface area contributed by atoms with E-state index in [1.165, 1.54) is 0 Å². The van der Waals surface area contributed by atoms with Gasteiger partial charge in [-0.05, 0) is 19.3 Å². The lowest BCUT2D eigenvalue weighted by Gasteiger charge is -2.44. The molecule has 2 aliphatic heterocycles. The van der Waals surface area contributed by atoms with Gasteiger partial charge >= 0.3 is 0 Å². The summed E-state index contributed by atoms with van der Waals surface area (Å²) in [5, 5.41) is 12.3. The number of rotatable bonds is 3. The van der Waals surface area contributed by atoms with E-state index in [0.29, 0.717) is 11.0 Å². The molecule has 0 unspecified atom stereocenters. The zero-order valence-corrected chi connectivity index (χ0v) is 15.2. The van der Waals surface area contributed by atoms with Crippen LogP contribution in [0.25, 0.3) is 0 Å². The Balaban J connectivity index is 1.74. The molecule has 0 radical (unpaired) electrons. The van der Waals surface area contributed by atoms with Gasteiger partial charge in [0, 0.05) is 34.5 Å². The van der Waals surface area contributed by atoms with E-state index in [2.05, 4.69) is 0 Å². The van der Waals surface area contributed by atoms with E-state index < -0.39 is 83.6 Å². The summed E-state index contributed by atoms with van der Waals surface area (Å²) in [6, 6.07) is 0.506. The number of hydrogen-bond donors (Lipinski definition) is 2. The van der Waals surface area contributed by atoms with Gasteiger partial charge in [0.25, 0.3) is 11.8 Å². The SMILES string of the molecule is [2H]C([2H])(NC(=O)c1cn2c(c(O)c1=O)C(=O)N1[C@H](C([2H])([2H])[2H])CCO[C@@]1([2H])C2)c1ccc(F)cc1F. The summed E-state index contributed by atoms with van der Waals surface area (Å²) < 4.78 is 81.1. The van der Waals surface area contributed by atoms with Crippen molar-refractivity contribution in [3.05, 3.63) is 63.1 Å². The number of nitrogens with one attached hydrogen (secondary N) is 1. The summed E-state index contributed by atoms with van der Waals surface area (Å²) in [7, 11) is 0. The van der Waals surface area contributed by atoms with Gasteiger partial charge in [0.1, 0.15) is 17.2 Å². The second kappa shape index (κ2) is 7.52. The molecule has 30 heavy (non-hydrogen) atoms. The predicted molar refractivity (Wildman–Crippen MR) is 99.9 cm³/mol. The molecule has 3 heterocycles. The van der Waals surface area contributed by atoms with Gasteiger partial charge in [-0.25, -0.2) is 8.78 Å². The third-order valence-electron chi connectivity index (χ3n) is 4.71. The zero-order valence-electron chi connectivity index (χ0n) is 21.2. The van der Waals surface area contributed by atoms with Gasteiger partial charge in [0.2, 0.25) is 5.43 Å². The molecule has 0 spiro atoms. The molecule has 158 valence electrons. The monoisotopic (exact) mass is 425 g/mol. The molecule has 2 aromatic rings. The molecule has 0 saturated carbocycles. The largest absolute Gasteiger partial charge is 0.503 e. The number of amides is 2. The number of aromatic nitrogens is 1. The Kier molecular flexibility index (Phi) is 3.48. The maximum atomic E-state index is 14.1. The van der Waals surface area contributed by atoms with Crippen LogP contribution in [0.5, 0.6) is 5.75 Å². The quantitative estimate of drug-likeness (QED) is 0.773. The minimum absolute atomic E-state index is 0.122. The Morgan fingerprint density at radius 1 is 1.47 bits per heavy atom. The van der Waals surface area contributed by atoms with Crippen molar-refractivity contribution in [3.63, 3.8) is 0 Å². The molecular formula is C20H19F2N3O5. The fraction of sp³-hybridized carbons (Fsp3) is 0.350. The molecule has 1 fully saturated rings. The van der Waals surface area contributed by atoms with E-state index in [4.69, 9.17) is 13.0 Å². The number of nitrogens with zero attached hydrogens (tertiary/aromatic N) is 2. The summed E-state index contributed by atoms with van der Waals surface area (Å²) in [6.45, 7) is -6.37. The highest BCUT2D eigenvalue weighted by atomic mass is 19.1. The first-order valence-corrected chi connectivity index (χ1v) is 8.79. The first-order chi connectivity index (χ1) is 16.6. The van der Waals surface area contributed by atoms with Gasteiger partial charge < -0.3 is 24.6 Å². The maximum absolute atomic E-state index is 14.1. The van der Waals surface area contributed by atoms with Crippen LogP contribution < -0.4 is 10.7 Å². The van der Waals surface area contributed by atoms with Gasteiger partial charge in [-0.2, -0.15) is 0 Å². The number of carbonyl (C=O) groups excluding carboxylic acids is 2. The van der Waals surface area contributed by atoms with E-state index in [9.17, 15) is 28.3 Å². The molecule has 2 atom stereocenters. The fourth-order valence-corrected chi connectivity index (χ4v) is 3.24. The van der Waals surface area contributed by atoms with E-state index in [1.807, 2.05) is 0 Å².